The molecule has 0 saturated heterocycles. The minimum Gasteiger partial charge on any atom is -0.396 e. The van der Waals surface area contributed by atoms with Crippen molar-refractivity contribution in [3.8, 4) is 0 Å². The van der Waals surface area contributed by atoms with Gasteiger partial charge in [-0.05, 0) is 18.3 Å². The minimum atomic E-state index is 0.372. The second kappa shape index (κ2) is 4.76. The minimum absolute atomic E-state index is 0.372. The summed E-state index contributed by atoms with van der Waals surface area (Å²) in [4.78, 5) is 0. The van der Waals surface area contributed by atoms with Crippen LogP contribution in [0.5, 0.6) is 0 Å². The molecule has 0 aliphatic heterocycles. The van der Waals surface area contributed by atoms with Crippen molar-refractivity contribution in [2.75, 3.05) is 6.61 Å². The maximum absolute atomic E-state index is 8.87. The van der Waals surface area contributed by atoms with Gasteiger partial charge in [-0.1, -0.05) is 39.0 Å². The van der Waals surface area contributed by atoms with E-state index in [1.807, 2.05) is 0 Å². The van der Waals surface area contributed by atoms with E-state index in [1.54, 1.807) is 0 Å². The second-order valence-corrected chi connectivity index (χ2v) is 4.03. The van der Waals surface area contributed by atoms with Gasteiger partial charge >= 0.3 is 0 Å². The molecule has 0 aromatic heterocycles. The summed E-state index contributed by atoms with van der Waals surface area (Å²) in [5, 5.41) is 8.87. The van der Waals surface area contributed by atoms with E-state index < -0.39 is 0 Å². The topological polar surface area (TPSA) is 20.2 Å². The van der Waals surface area contributed by atoms with Gasteiger partial charge < -0.3 is 5.11 Å². The average molecular weight is 156 g/mol. The van der Waals surface area contributed by atoms with Crippen LogP contribution in [0.2, 0.25) is 0 Å². The smallest absolute Gasteiger partial charge is 0.0456 e. The predicted molar refractivity (Wildman–Crippen MR) is 47.4 cm³/mol. The van der Waals surface area contributed by atoms with Crippen molar-refractivity contribution in [3.05, 3.63) is 0 Å². The van der Waals surface area contributed by atoms with Crippen molar-refractivity contribution in [3.63, 3.8) is 0 Å². The van der Waals surface area contributed by atoms with Crippen LogP contribution in [-0.4, -0.2) is 11.7 Å². The summed E-state index contributed by atoms with van der Waals surface area (Å²) in [5.74, 6) is 1.45. The maximum atomic E-state index is 8.87. The van der Waals surface area contributed by atoms with Gasteiger partial charge in [0.05, 0.1) is 0 Å². The van der Waals surface area contributed by atoms with Crippen LogP contribution in [0.3, 0.4) is 0 Å². The Morgan fingerprint density at radius 1 is 1.27 bits per heavy atom. The number of aliphatic hydroxyl groups excluding tert-OH is 1. The summed E-state index contributed by atoms with van der Waals surface area (Å²) < 4.78 is 0. The van der Waals surface area contributed by atoms with E-state index >= 15 is 0 Å². The summed E-state index contributed by atoms with van der Waals surface area (Å²) in [6.07, 6.45) is 8.33. The molecule has 1 aliphatic carbocycles. The van der Waals surface area contributed by atoms with Crippen molar-refractivity contribution >= 4 is 0 Å². The van der Waals surface area contributed by atoms with Crippen LogP contribution >= 0.6 is 0 Å². The first-order valence-electron chi connectivity index (χ1n) is 4.93. The Morgan fingerprint density at radius 3 is 2.45 bits per heavy atom. The van der Waals surface area contributed by atoms with Crippen molar-refractivity contribution in [2.24, 2.45) is 11.8 Å². The Hall–Kier alpha value is -0.0400. The first kappa shape index (κ1) is 9.05. The van der Waals surface area contributed by atoms with E-state index in [4.69, 9.17) is 5.11 Å². The summed E-state index contributed by atoms with van der Waals surface area (Å²) in [5.41, 5.74) is 0. The quantitative estimate of drug-likeness (QED) is 0.666. The number of aliphatic hydroxyl groups is 1. The lowest BCUT2D eigenvalue weighted by Crippen LogP contribution is -2.12. The summed E-state index contributed by atoms with van der Waals surface area (Å²) in [7, 11) is 0. The summed E-state index contributed by atoms with van der Waals surface area (Å²) in [6.45, 7) is 2.52. The van der Waals surface area contributed by atoms with Crippen LogP contribution in [0.25, 0.3) is 0 Å². The van der Waals surface area contributed by atoms with Gasteiger partial charge in [0.2, 0.25) is 0 Å². The molecule has 1 fully saturated rings. The van der Waals surface area contributed by atoms with Crippen LogP contribution in [-0.2, 0) is 0 Å². The molecule has 0 heterocycles. The zero-order valence-electron chi connectivity index (χ0n) is 7.55. The normalized spacial score (nSPS) is 23.5. The lowest BCUT2D eigenvalue weighted by molar-refractivity contribution is 0.197. The molecule has 1 aliphatic rings. The van der Waals surface area contributed by atoms with E-state index in [2.05, 4.69) is 6.92 Å². The highest BCUT2D eigenvalue weighted by Gasteiger charge is 2.15. The lowest BCUT2D eigenvalue weighted by atomic mass is 9.83. The largest absolute Gasteiger partial charge is 0.396 e. The molecule has 1 heteroatoms. The van der Waals surface area contributed by atoms with Crippen LogP contribution in [0, 0.1) is 11.8 Å². The molecule has 0 amide bonds. The first-order chi connectivity index (χ1) is 5.33. The van der Waals surface area contributed by atoms with Crippen LogP contribution < -0.4 is 0 Å². The van der Waals surface area contributed by atoms with Crippen molar-refractivity contribution in [1.29, 1.82) is 0 Å². The van der Waals surface area contributed by atoms with Crippen LogP contribution in [0.15, 0.2) is 0 Å². The molecule has 0 unspecified atom stereocenters. The van der Waals surface area contributed by atoms with E-state index in [0.29, 0.717) is 12.5 Å². The molecule has 1 saturated carbocycles. The molecule has 1 rings (SSSR count). The predicted octanol–water partition coefficient (Wildman–Crippen LogP) is 2.59. The molecule has 1 N–H and O–H groups in total. The molecule has 0 bridgehead atoms. The van der Waals surface area contributed by atoms with Gasteiger partial charge in [-0.15, -0.1) is 0 Å². The van der Waals surface area contributed by atoms with Gasteiger partial charge in [-0.25, -0.2) is 0 Å². The highest BCUT2D eigenvalue weighted by molar-refractivity contribution is 4.67. The number of rotatable bonds is 3. The van der Waals surface area contributed by atoms with E-state index in [0.717, 1.165) is 5.92 Å². The fourth-order valence-electron chi connectivity index (χ4n) is 2.07. The van der Waals surface area contributed by atoms with Gasteiger partial charge in [0, 0.05) is 6.61 Å². The lowest BCUT2D eigenvalue weighted by Gasteiger charge is -2.23. The molecule has 66 valence electrons. The molecule has 0 spiro atoms. The Kier molecular flexibility index (Phi) is 3.92. The Labute approximate surface area is 69.8 Å². The standard InChI is InChI=1S/C10H20O/c1-9(8-11)7-10-5-3-2-4-6-10/h9-11H,2-8H2,1H3/t9-/m0/s1. The SMILES string of the molecule is C[C@H](CO)CC1CCCCC1. The molecule has 0 aromatic rings. The molecule has 11 heavy (non-hydrogen) atoms. The molecular formula is C10H20O. The van der Waals surface area contributed by atoms with Crippen molar-refractivity contribution < 1.29 is 5.11 Å². The maximum Gasteiger partial charge on any atom is 0.0456 e. The van der Waals surface area contributed by atoms with E-state index in [-0.39, 0.29) is 0 Å². The first-order valence-corrected chi connectivity index (χ1v) is 4.93. The molecular weight excluding hydrogens is 136 g/mol. The third kappa shape index (κ3) is 3.24. The van der Waals surface area contributed by atoms with E-state index in [1.165, 1.54) is 38.5 Å². The van der Waals surface area contributed by atoms with Gasteiger partial charge in [-0.2, -0.15) is 0 Å². The zero-order chi connectivity index (χ0) is 8.10. The van der Waals surface area contributed by atoms with E-state index in [9.17, 15) is 0 Å². The van der Waals surface area contributed by atoms with Gasteiger partial charge in [-0.3, -0.25) is 0 Å². The molecule has 0 aromatic carbocycles. The molecule has 1 atom stereocenters. The Bertz CT molecular complexity index is 95.0. The second-order valence-electron chi connectivity index (χ2n) is 4.03. The third-order valence-corrected chi connectivity index (χ3v) is 2.77. The van der Waals surface area contributed by atoms with Gasteiger partial charge in [0.25, 0.3) is 0 Å². The van der Waals surface area contributed by atoms with Gasteiger partial charge in [0.15, 0.2) is 0 Å². The number of hydrogen-bond acceptors (Lipinski definition) is 1. The molecule has 0 radical (unpaired) electrons. The molecule has 1 nitrogen and oxygen atoms in total. The zero-order valence-corrected chi connectivity index (χ0v) is 7.55. The fourth-order valence-corrected chi connectivity index (χ4v) is 2.07. The highest BCUT2D eigenvalue weighted by atomic mass is 16.3. The fraction of sp³-hybridized carbons (Fsp3) is 1.00. The van der Waals surface area contributed by atoms with Crippen LogP contribution in [0.1, 0.15) is 45.4 Å². The Balaban J connectivity index is 2.13. The van der Waals surface area contributed by atoms with Crippen molar-refractivity contribution in [1.82, 2.24) is 0 Å². The summed E-state index contributed by atoms with van der Waals surface area (Å²) >= 11 is 0. The van der Waals surface area contributed by atoms with Crippen molar-refractivity contribution in [2.45, 2.75) is 45.4 Å². The monoisotopic (exact) mass is 156 g/mol. The number of hydrogen-bond donors (Lipinski definition) is 1. The van der Waals surface area contributed by atoms with Gasteiger partial charge in [0.1, 0.15) is 0 Å². The highest BCUT2D eigenvalue weighted by Crippen LogP contribution is 2.28. The average Bonchev–Trinajstić information content (AvgIpc) is 2.06. The third-order valence-electron chi connectivity index (χ3n) is 2.77. The Morgan fingerprint density at radius 2 is 1.91 bits per heavy atom. The summed E-state index contributed by atoms with van der Waals surface area (Å²) in [6, 6.07) is 0. The van der Waals surface area contributed by atoms with Crippen LogP contribution in [0.4, 0.5) is 0 Å².